The lowest BCUT2D eigenvalue weighted by atomic mass is 10.1. The number of aromatic amines is 1. The maximum atomic E-state index is 11.8. The van der Waals surface area contributed by atoms with E-state index in [1.165, 1.54) is 0 Å². The molecule has 2 heterocycles. The molecule has 0 unspecified atom stereocenters. The highest BCUT2D eigenvalue weighted by Gasteiger charge is 2.26. The van der Waals surface area contributed by atoms with Crippen molar-refractivity contribution in [1.82, 2.24) is 14.9 Å². The molecule has 1 aromatic carbocycles. The van der Waals surface area contributed by atoms with Gasteiger partial charge in [-0.05, 0) is 13.0 Å². The summed E-state index contributed by atoms with van der Waals surface area (Å²) in [6.45, 7) is 1.63. The van der Waals surface area contributed by atoms with E-state index < -0.39 is 5.69 Å². The molecule has 0 saturated heterocycles. The average Bonchev–Trinajstić information content (AvgIpc) is 2.84. The first-order valence-electron chi connectivity index (χ1n) is 5.30. The Morgan fingerprint density at radius 3 is 2.78 bits per heavy atom. The van der Waals surface area contributed by atoms with Gasteiger partial charge in [-0.2, -0.15) is 14.9 Å². The fraction of sp³-hybridized carbons (Fsp3) is 0.0909. The number of H-pyrrole nitrogens is 1. The number of nitrogens with zero attached hydrogens (tertiary/aromatic N) is 3. The van der Waals surface area contributed by atoms with Crippen LogP contribution in [0.15, 0.2) is 34.2 Å². The summed E-state index contributed by atoms with van der Waals surface area (Å²) in [4.78, 5) is 23.2. The number of fused-ring (bicyclic) bond motifs is 1. The van der Waals surface area contributed by atoms with E-state index >= 15 is 0 Å². The summed E-state index contributed by atoms with van der Waals surface area (Å²) in [5.41, 5.74) is 1.10. The molecule has 1 amide bonds. The highest BCUT2D eigenvalue weighted by atomic mass is 16.2. The summed E-state index contributed by atoms with van der Waals surface area (Å²) in [6.07, 6.45) is 0. The first-order valence-corrected chi connectivity index (χ1v) is 5.30. The van der Waals surface area contributed by atoms with Gasteiger partial charge < -0.3 is 5.32 Å². The second-order valence-electron chi connectivity index (χ2n) is 3.84. The number of aryl methyl sites for hydroxylation is 1. The van der Waals surface area contributed by atoms with Crippen molar-refractivity contribution in [2.75, 3.05) is 5.32 Å². The van der Waals surface area contributed by atoms with Gasteiger partial charge in [-0.1, -0.05) is 18.2 Å². The SMILES string of the molecule is Cc1n[nH]c(=O)n1/N=C1/C(=O)Nc2ccccc21. The van der Waals surface area contributed by atoms with Crippen molar-refractivity contribution in [2.45, 2.75) is 6.92 Å². The predicted octanol–water partition coefficient (Wildman–Crippen LogP) is 0.0843. The highest BCUT2D eigenvalue weighted by Crippen LogP contribution is 2.22. The Labute approximate surface area is 101 Å². The van der Waals surface area contributed by atoms with Gasteiger partial charge in [-0.15, -0.1) is 0 Å². The third kappa shape index (κ3) is 1.45. The standard InChI is InChI=1S/C11H9N5O2/c1-6-13-14-11(18)16(6)15-9-7-4-2-3-5-8(7)12-10(9)17/h2-5H,1H3,(H,14,18)(H,12,15,17). The summed E-state index contributed by atoms with van der Waals surface area (Å²) in [7, 11) is 0. The van der Waals surface area contributed by atoms with Crippen LogP contribution in [0.5, 0.6) is 0 Å². The largest absolute Gasteiger partial charge is 0.364 e. The number of amides is 1. The minimum absolute atomic E-state index is 0.206. The third-order valence-corrected chi connectivity index (χ3v) is 2.66. The van der Waals surface area contributed by atoms with Crippen molar-refractivity contribution < 1.29 is 4.79 Å². The van der Waals surface area contributed by atoms with Gasteiger partial charge in [-0.25, -0.2) is 9.89 Å². The number of aromatic nitrogens is 3. The highest BCUT2D eigenvalue weighted by molar-refractivity contribution is 6.53. The van der Waals surface area contributed by atoms with Crippen molar-refractivity contribution in [1.29, 1.82) is 0 Å². The van der Waals surface area contributed by atoms with Crippen molar-refractivity contribution in [3.05, 3.63) is 46.1 Å². The van der Waals surface area contributed by atoms with Crippen LogP contribution in [-0.2, 0) is 4.79 Å². The van der Waals surface area contributed by atoms with Crippen LogP contribution in [0.3, 0.4) is 0 Å². The fourth-order valence-electron chi connectivity index (χ4n) is 1.79. The van der Waals surface area contributed by atoms with Crippen molar-refractivity contribution in [3.63, 3.8) is 0 Å². The molecule has 0 saturated carbocycles. The van der Waals surface area contributed by atoms with Crippen molar-refractivity contribution in [3.8, 4) is 0 Å². The number of carbonyl (C=O) groups is 1. The minimum Gasteiger partial charge on any atom is -0.320 e. The Hall–Kier alpha value is -2.70. The first-order chi connectivity index (χ1) is 8.66. The number of hydrogen-bond donors (Lipinski definition) is 2. The maximum Gasteiger partial charge on any atom is 0.364 e. The van der Waals surface area contributed by atoms with E-state index in [0.29, 0.717) is 17.1 Å². The molecular formula is C11H9N5O2. The first kappa shape index (κ1) is 10.5. The Balaban J connectivity index is 2.19. The molecule has 1 aliphatic rings. The normalized spacial score (nSPS) is 15.8. The molecule has 18 heavy (non-hydrogen) atoms. The minimum atomic E-state index is -0.475. The smallest absolute Gasteiger partial charge is 0.320 e. The Morgan fingerprint density at radius 1 is 1.28 bits per heavy atom. The van der Waals surface area contributed by atoms with E-state index in [9.17, 15) is 9.59 Å². The zero-order valence-corrected chi connectivity index (χ0v) is 9.47. The van der Waals surface area contributed by atoms with Crippen LogP contribution < -0.4 is 11.0 Å². The monoisotopic (exact) mass is 243 g/mol. The van der Waals surface area contributed by atoms with Crippen molar-refractivity contribution >= 4 is 17.3 Å². The number of nitrogens with one attached hydrogen (secondary N) is 2. The van der Waals surface area contributed by atoms with Crippen LogP contribution >= 0.6 is 0 Å². The van der Waals surface area contributed by atoms with Crippen LogP contribution in [0.1, 0.15) is 11.4 Å². The van der Waals surface area contributed by atoms with Gasteiger partial charge in [0.1, 0.15) is 0 Å². The van der Waals surface area contributed by atoms with Gasteiger partial charge in [0.2, 0.25) is 0 Å². The molecule has 1 aromatic heterocycles. The number of benzene rings is 1. The molecule has 0 spiro atoms. The molecule has 0 aliphatic carbocycles. The van der Waals surface area contributed by atoms with Crippen LogP contribution in [0, 0.1) is 6.92 Å². The second-order valence-corrected chi connectivity index (χ2v) is 3.84. The Bertz CT molecular complexity index is 725. The van der Waals surface area contributed by atoms with Crippen LogP contribution in [0.4, 0.5) is 5.69 Å². The van der Waals surface area contributed by atoms with E-state index in [-0.39, 0.29) is 11.6 Å². The van der Waals surface area contributed by atoms with Crippen LogP contribution in [0.25, 0.3) is 0 Å². The van der Waals surface area contributed by atoms with Crippen molar-refractivity contribution in [2.24, 2.45) is 5.10 Å². The molecule has 7 nitrogen and oxygen atoms in total. The molecule has 2 aromatic rings. The zero-order valence-electron chi connectivity index (χ0n) is 9.47. The number of hydrogen-bond acceptors (Lipinski definition) is 4. The lowest BCUT2D eigenvalue weighted by Crippen LogP contribution is -2.20. The molecule has 0 bridgehead atoms. The average molecular weight is 243 g/mol. The molecule has 2 N–H and O–H groups in total. The molecule has 1 aliphatic heterocycles. The van der Waals surface area contributed by atoms with Gasteiger partial charge in [0.15, 0.2) is 11.5 Å². The molecule has 3 rings (SSSR count). The van der Waals surface area contributed by atoms with E-state index in [0.717, 1.165) is 4.68 Å². The fourth-order valence-corrected chi connectivity index (χ4v) is 1.79. The lowest BCUT2D eigenvalue weighted by molar-refractivity contribution is -0.110. The van der Waals surface area contributed by atoms with Gasteiger partial charge in [0.05, 0.1) is 5.69 Å². The quantitative estimate of drug-likeness (QED) is 0.743. The number of anilines is 1. The lowest BCUT2D eigenvalue weighted by Gasteiger charge is -1.97. The predicted molar refractivity (Wildman–Crippen MR) is 64.6 cm³/mol. The Morgan fingerprint density at radius 2 is 2.06 bits per heavy atom. The summed E-state index contributed by atoms with van der Waals surface area (Å²) < 4.78 is 1.07. The number of carbonyl (C=O) groups excluding carboxylic acids is 1. The molecule has 0 radical (unpaired) electrons. The molecule has 7 heteroatoms. The molecule has 0 fully saturated rings. The van der Waals surface area contributed by atoms with E-state index in [1.54, 1.807) is 25.1 Å². The Kier molecular flexibility index (Phi) is 2.12. The summed E-state index contributed by atoms with van der Waals surface area (Å²) in [6, 6.07) is 7.17. The maximum absolute atomic E-state index is 11.8. The van der Waals surface area contributed by atoms with E-state index in [4.69, 9.17) is 0 Å². The zero-order chi connectivity index (χ0) is 12.7. The molecule has 90 valence electrons. The van der Waals surface area contributed by atoms with Gasteiger partial charge >= 0.3 is 5.69 Å². The summed E-state index contributed by atoms with van der Waals surface area (Å²) >= 11 is 0. The number of rotatable bonds is 1. The molecule has 0 atom stereocenters. The molecular weight excluding hydrogens is 234 g/mol. The van der Waals surface area contributed by atoms with Crippen LogP contribution in [-0.4, -0.2) is 26.5 Å². The second kappa shape index (κ2) is 3.66. The number of para-hydroxylation sites is 1. The summed E-state index contributed by atoms with van der Waals surface area (Å²) in [5, 5.41) is 12.7. The topological polar surface area (TPSA) is 92.1 Å². The summed E-state index contributed by atoms with van der Waals surface area (Å²) in [5.74, 6) is 0.0633. The van der Waals surface area contributed by atoms with Gasteiger partial charge in [-0.3, -0.25) is 4.79 Å². The van der Waals surface area contributed by atoms with Gasteiger partial charge in [0, 0.05) is 5.56 Å². The van der Waals surface area contributed by atoms with E-state index in [2.05, 4.69) is 20.6 Å². The van der Waals surface area contributed by atoms with E-state index in [1.807, 2.05) is 6.07 Å². The third-order valence-electron chi connectivity index (χ3n) is 2.66. The van der Waals surface area contributed by atoms with Gasteiger partial charge in [0.25, 0.3) is 5.91 Å². The van der Waals surface area contributed by atoms with Crippen LogP contribution in [0.2, 0.25) is 0 Å².